The van der Waals surface area contributed by atoms with E-state index in [4.69, 9.17) is 0 Å². The molecule has 3 rings (SSSR count). The van der Waals surface area contributed by atoms with Crippen LogP contribution in [0, 0.1) is 39.5 Å². The van der Waals surface area contributed by atoms with Gasteiger partial charge in [-0.05, 0) is 49.9 Å². The number of rotatable bonds is 4. The molecule has 148 valence electrons. The van der Waals surface area contributed by atoms with Gasteiger partial charge in [-0.2, -0.15) is 0 Å². The fourth-order valence-corrected chi connectivity index (χ4v) is 4.59. The highest BCUT2D eigenvalue weighted by Gasteiger charge is 2.63. The third-order valence-corrected chi connectivity index (χ3v) is 6.02. The molecule has 1 N–H and O–H groups in total. The number of benzene rings is 2. The molecule has 7 heteroatoms. The molecule has 7 nitrogen and oxygen atoms in total. The number of nitrogens with zero attached hydrogens (tertiary/aromatic N) is 2. The van der Waals surface area contributed by atoms with E-state index >= 15 is 0 Å². The summed E-state index contributed by atoms with van der Waals surface area (Å²) in [6, 6.07) is 11.5. The molecule has 2 aromatic rings. The van der Waals surface area contributed by atoms with Crippen LogP contribution in [0.1, 0.15) is 48.2 Å². The molecule has 0 amide bonds. The fourth-order valence-electron chi connectivity index (χ4n) is 4.59. The van der Waals surface area contributed by atoms with Crippen molar-refractivity contribution in [3.63, 3.8) is 0 Å². The van der Waals surface area contributed by atoms with Gasteiger partial charge in [-0.25, -0.2) is 0 Å². The van der Waals surface area contributed by atoms with Crippen molar-refractivity contribution in [1.29, 1.82) is 0 Å². The van der Waals surface area contributed by atoms with Crippen molar-refractivity contribution >= 4 is 0 Å². The summed E-state index contributed by atoms with van der Waals surface area (Å²) in [6.07, 6.45) is 0. The molecule has 0 bridgehead atoms. The van der Waals surface area contributed by atoms with Crippen LogP contribution in [0.25, 0.3) is 0 Å². The van der Waals surface area contributed by atoms with Gasteiger partial charge in [0.1, 0.15) is 17.5 Å². The molecule has 0 aliphatic carbocycles. The van der Waals surface area contributed by atoms with Gasteiger partial charge in [-0.1, -0.05) is 48.5 Å². The molecule has 0 spiro atoms. The van der Waals surface area contributed by atoms with Crippen molar-refractivity contribution in [2.24, 2.45) is 5.41 Å². The Morgan fingerprint density at radius 2 is 1.14 bits per heavy atom. The minimum Gasteiger partial charge on any atom is -0.291 e. The van der Waals surface area contributed by atoms with Crippen LogP contribution in [0.3, 0.4) is 0 Å². The third-order valence-electron chi connectivity index (χ3n) is 6.02. The van der Waals surface area contributed by atoms with Gasteiger partial charge in [0.2, 0.25) is 12.1 Å². The van der Waals surface area contributed by atoms with Crippen LogP contribution in [0.4, 0.5) is 0 Å². The first-order valence-corrected chi connectivity index (χ1v) is 9.30. The quantitative estimate of drug-likeness (QED) is 0.635. The van der Waals surface area contributed by atoms with Crippen LogP contribution in [0.15, 0.2) is 48.5 Å². The van der Waals surface area contributed by atoms with E-state index in [1.807, 2.05) is 62.4 Å². The van der Waals surface area contributed by atoms with Crippen LogP contribution in [-0.4, -0.2) is 21.9 Å². The predicted octanol–water partition coefficient (Wildman–Crippen LogP) is 4.01. The van der Waals surface area contributed by atoms with Crippen LogP contribution in [-0.2, 0) is 0 Å². The minimum atomic E-state index is -1.17. The summed E-state index contributed by atoms with van der Waals surface area (Å²) >= 11 is 0. The van der Waals surface area contributed by atoms with E-state index in [9.17, 15) is 20.2 Å². The van der Waals surface area contributed by atoms with E-state index < -0.39 is 29.6 Å². The number of piperidine rings is 1. The lowest BCUT2D eigenvalue weighted by Crippen LogP contribution is -2.63. The molecule has 2 aromatic carbocycles. The summed E-state index contributed by atoms with van der Waals surface area (Å²) in [5.74, 6) is 0. The molecule has 1 aliphatic rings. The average molecular weight is 383 g/mol. The molecule has 1 aliphatic heterocycles. The summed E-state index contributed by atoms with van der Waals surface area (Å²) in [4.78, 5) is 23.4. The van der Waals surface area contributed by atoms with Gasteiger partial charge in [-0.15, -0.1) is 0 Å². The smallest absolute Gasteiger partial charge is 0.243 e. The second kappa shape index (κ2) is 7.31. The summed E-state index contributed by atoms with van der Waals surface area (Å²) in [7, 11) is 0. The zero-order chi connectivity index (χ0) is 20.6. The topological polar surface area (TPSA) is 98.3 Å². The zero-order valence-electron chi connectivity index (χ0n) is 16.5. The Morgan fingerprint density at radius 1 is 0.786 bits per heavy atom. The van der Waals surface area contributed by atoms with Gasteiger partial charge < -0.3 is 0 Å². The Balaban J connectivity index is 2.21. The fraction of sp³-hybridized carbons (Fsp3) is 0.429. The highest BCUT2D eigenvalue weighted by molar-refractivity contribution is 5.35. The van der Waals surface area contributed by atoms with E-state index in [2.05, 4.69) is 5.32 Å². The first-order valence-electron chi connectivity index (χ1n) is 9.30. The maximum Gasteiger partial charge on any atom is 0.243 e. The Hall–Kier alpha value is -2.80. The van der Waals surface area contributed by atoms with Gasteiger partial charge in [0, 0.05) is 9.85 Å². The van der Waals surface area contributed by atoms with E-state index in [-0.39, 0.29) is 9.85 Å². The predicted molar refractivity (Wildman–Crippen MR) is 106 cm³/mol. The highest BCUT2D eigenvalue weighted by atomic mass is 16.6. The molecule has 0 radical (unpaired) electrons. The molecule has 0 aromatic heterocycles. The molecule has 4 atom stereocenters. The van der Waals surface area contributed by atoms with Crippen LogP contribution in [0.2, 0.25) is 0 Å². The van der Waals surface area contributed by atoms with E-state index in [1.165, 1.54) is 0 Å². The van der Waals surface area contributed by atoms with Crippen molar-refractivity contribution in [2.75, 3.05) is 0 Å². The number of aryl methyl sites for hydroxylation is 2. The lowest BCUT2D eigenvalue weighted by molar-refractivity contribution is -0.605. The summed E-state index contributed by atoms with van der Waals surface area (Å²) < 4.78 is 0. The normalized spacial score (nSPS) is 26.6. The lowest BCUT2D eigenvalue weighted by atomic mass is 9.66. The van der Waals surface area contributed by atoms with E-state index in [0.29, 0.717) is 0 Å². The number of hydrogen-bond donors (Lipinski definition) is 1. The summed E-state index contributed by atoms with van der Waals surface area (Å²) in [5.41, 5.74) is 2.28. The Kier molecular flexibility index (Phi) is 5.21. The minimum absolute atomic E-state index is 0.366. The van der Waals surface area contributed by atoms with Gasteiger partial charge in [-0.3, -0.25) is 25.5 Å². The third kappa shape index (κ3) is 3.26. The number of nitro groups is 2. The molecule has 0 saturated carbocycles. The number of hydrogen-bond acceptors (Lipinski definition) is 5. The molecule has 28 heavy (non-hydrogen) atoms. The van der Waals surface area contributed by atoms with E-state index in [0.717, 1.165) is 22.3 Å². The summed E-state index contributed by atoms with van der Waals surface area (Å²) in [6.45, 7) is 7.10. The molecule has 1 heterocycles. The first kappa shape index (κ1) is 19.9. The van der Waals surface area contributed by atoms with Crippen molar-refractivity contribution in [3.8, 4) is 0 Å². The van der Waals surface area contributed by atoms with Crippen molar-refractivity contribution in [2.45, 2.75) is 51.9 Å². The van der Waals surface area contributed by atoms with Gasteiger partial charge >= 0.3 is 0 Å². The van der Waals surface area contributed by atoms with Crippen LogP contribution < -0.4 is 5.32 Å². The maximum atomic E-state index is 12.1. The Bertz CT molecular complexity index is 841. The lowest BCUT2D eigenvalue weighted by Gasteiger charge is -2.45. The number of nitrogens with one attached hydrogen (secondary N) is 1. The monoisotopic (exact) mass is 383 g/mol. The van der Waals surface area contributed by atoms with Crippen molar-refractivity contribution in [3.05, 3.63) is 91.0 Å². The van der Waals surface area contributed by atoms with Crippen LogP contribution in [0.5, 0.6) is 0 Å². The van der Waals surface area contributed by atoms with Crippen LogP contribution >= 0.6 is 0 Å². The molecule has 1 saturated heterocycles. The first-order chi connectivity index (χ1) is 13.2. The highest BCUT2D eigenvalue weighted by Crippen LogP contribution is 2.47. The largest absolute Gasteiger partial charge is 0.291 e. The standard InChI is InChI=1S/C21H25N3O4/c1-13-9-5-7-11-15(13)17-19(23(25)26)21(3,4)20(24(27)28)18(22-17)16-12-8-6-10-14(16)2/h5-12,17-20,22H,1-4H3/t17-,18-,19+,20+/m1/s1. The maximum absolute atomic E-state index is 12.1. The zero-order valence-corrected chi connectivity index (χ0v) is 16.5. The Morgan fingerprint density at radius 3 is 1.46 bits per heavy atom. The second-order valence-corrected chi connectivity index (χ2v) is 8.12. The molecular weight excluding hydrogens is 358 g/mol. The SMILES string of the molecule is Cc1ccccc1[C@H]1N[C@H](c2ccccc2C)[C@H]([N+](=O)[O-])C(C)(C)[C@H]1[N+](=O)[O-]. The molecule has 1 fully saturated rings. The van der Waals surface area contributed by atoms with Crippen molar-refractivity contribution in [1.82, 2.24) is 5.32 Å². The van der Waals surface area contributed by atoms with Crippen molar-refractivity contribution < 1.29 is 9.85 Å². The molecule has 0 unspecified atom stereocenters. The average Bonchev–Trinajstić information content (AvgIpc) is 2.60. The molecular formula is C21H25N3O4. The van der Waals surface area contributed by atoms with E-state index in [1.54, 1.807) is 13.8 Å². The van der Waals surface area contributed by atoms with Gasteiger partial charge in [0.25, 0.3) is 0 Å². The summed E-state index contributed by atoms with van der Waals surface area (Å²) in [5, 5.41) is 27.5. The Labute approximate surface area is 164 Å². The van der Waals surface area contributed by atoms with Gasteiger partial charge in [0.05, 0.1) is 0 Å². The second-order valence-electron chi connectivity index (χ2n) is 8.12. The van der Waals surface area contributed by atoms with Gasteiger partial charge in [0.15, 0.2) is 0 Å².